The maximum Gasteiger partial charge on any atom is 0.119 e. The fraction of sp³-hybridized carbons (Fsp3) is 0.600. The number of likely N-dealkylation sites (N-methyl/N-ethyl adjacent to an activating group) is 1. The maximum absolute atomic E-state index is 11.0. The SMILES string of the molecule is CN(C)CC1(O)CCCCC1(O)c1ccccc1. The van der Waals surface area contributed by atoms with E-state index in [0.717, 1.165) is 18.4 Å². The summed E-state index contributed by atoms with van der Waals surface area (Å²) in [5.41, 5.74) is -1.36. The zero-order valence-corrected chi connectivity index (χ0v) is 11.3. The van der Waals surface area contributed by atoms with Gasteiger partial charge in [0, 0.05) is 6.54 Å². The van der Waals surface area contributed by atoms with Gasteiger partial charge in [-0.15, -0.1) is 0 Å². The van der Waals surface area contributed by atoms with E-state index in [9.17, 15) is 10.2 Å². The molecule has 0 aliphatic heterocycles. The molecule has 1 aromatic carbocycles. The molecule has 2 rings (SSSR count). The molecule has 0 radical (unpaired) electrons. The van der Waals surface area contributed by atoms with Gasteiger partial charge >= 0.3 is 0 Å². The fourth-order valence-corrected chi connectivity index (χ4v) is 3.10. The van der Waals surface area contributed by atoms with Crippen LogP contribution in [0.4, 0.5) is 0 Å². The van der Waals surface area contributed by atoms with Crippen LogP contribution in [0.15, 0.2) is 30.3 Å². The second-order valence-electron chi connectivity index (χ2n) is 5.70. The van der Waals surface area contributed by atoms with Gasteiger partial charge < -0.3 is 15.1 Å². The molecule has 3 heteroatoms. The number of nitrogens with zero attached hydrogens (tertiary/aromatic N) is 1. The Labute approximate surface area is 109 Å². The van der Waals surface area contributed by atoms with Crippen molar-refractivity contribution in [1.82, 2.24) is 4.90 Å². The fourth-order valence-electron chi connectivity index (χ4n) is 3.10. The molecule has 2 atom stereocenters. The summed E-state index contributed by atoms with van der Waals surface area (Å²) in [6.07, 6.45) is 3.21. The highest BCUT2D eigenvalue weighted by atomic mass is 16.4. The van der Waals surface area contributed by atoms with Gasteiger partial charge in [-0.2, -0.15) is 0 Å². The minimum atomic E-state index is -1.13. The van der Waals surface area contributed by atoms with E-state index < -0.39 is 11.2 Å². The highest BCUT2D eigenvalue weighted by Gasteiger charge is 2.51. The van der Waals surface area contributed by atoms with Gasteiger partial charge in [-0.25, -0.2) is 0 Å². The van der Waals surface area contributed by atoms with E-state index in [2.05, 4.69) is 0 Å². The minimum absolute atomic E-state index is 0.485. The van der Waals surface area contributed by atoms with Crippen LogP contribution in [0.3, 0.4) is 0 Å². The third kappa shape index (κ3) is 2.30. The lowest BCUT2D eigenvalue weighted by Gasteiger charge is -2.48. The molecular weight excluding hydrogens is 226 g/mol. The van der Waals surface area contributed by atoms with Crippen molar-refractivity contribution in [3.05, 3.63) is 35.9 Å². The van der Waals surface area contributed by atoms with Gasteiger partial charge in [-0.1, -0.05) is 43.2 Å². The Kier molecular flexibility index (Phi) is 3.76. The number of aliphatic hydroxyl groups is 2. The summed E-state index contributed by atoms with van der Waals surface area (Å²) in [6, 6.07) is 9.58. The topological polar surface area (TPSA) is 43.7 Å². The Morgan fingerprint density at radius 1 is 1.06 bits per heavy atom. The van der Waals surface area contributed by atoms with Gasteiger partial charge in [0.15, 0.2) is 0 Å². The molecule has 0 spiro atoms. The average molecular weight is 249 g/mol. The molecule has 0 amide bonds. The largest absolute Gasteiger partial charge is 0.385 e. The van der Waals surface area contributed by atoms with Crippen molar-refractivity contribution in [3.8, 4) is 0 Å². The van der Waals surface area contributed by atoms with E-state index in [-0.39, 0.29) is 0 Å². The Morgan fingerprint density at radius 3 is 2.28 bits per heavy atom. The molecule has 0 bridgehead atoms. The molecule has 1 aromatic rings. The van der Waals surface area contributed by atoms with Crippen LogP contribution in [0.2, 0.25) is 0 Å². The van der Waals surface area contributed by atoms with E-state index in [1.54, 1.807) is 0 Å². The first-order valence-electron chi connectivity index (χ1n) is 6.63. The average Bonchev–Trinajstić information content (AvgIpc) is 2.33. The zero-order valence-electron chi connectivity index (χ0n) is 11.3. The lowest BCUT2D eigenvalue weighted by atomic mass is 9.68. The first kappa shape index (κ1) is 13.5. The van der Waals surface area contributed by atoms with Crippen LogP contribution in [-0.2, 0) is 5.60 Å². The second-order valence-corrected chi connectivity index (χ2v) is 5.70. The maximum atomic E-state index is 11.0. The van der Waals surface area contributed by atoms with Gasteiger partial charge in [0.25, 0.3) is 0 Å². The Balaban J connectivity index is 2.37. The monoisotopic (exact) mass is 249 g/mol. The van der Waals surface area contributed by atoms with E-state index >= 15 is 0 Å². The molecule has 1 saturated carbocycles. The van der Waals surface area contributed by atoms with Crippen molar-refractivity contribution >= 4 is 0 Å². The number of hydrogen-bond donors (Lipinski definition) is 2. The minimum Gasteiger partial charge on any atom is -0.385 e. The molecule has 1 fully saturated rings. The van der Waals surface area contributed by atoms with Gasteiger partial charge in [-0.3, -0.25) is 0 Å². The molecule has 3 nitrogen and oxygen atoms in total. The van der Waals surface area contributed by atoms with Crippen LogP contribution >= 0.6 is 0 Å². The molecule has 1 aliphatic carbocycles. The van der Waals surface area contributed by atoms with Gasteiger partial charge in [0.1, 0.15) is 11.2 Å². The Bertz CT molecular complexity index is 393. The third-order valence-corrected chi connectivity index (χ3v) is 3.98. The summed E-state index contributed by atoms with van der Waals surface area (Å²) in [5.74, 6) is 0. The van der Waals surface area contributed by atoms with E-state index in [1.165, 1.54) is 0 Å². The van der Waals surface area contributed by atoms with Gasteiger partial charge in [0.05, 0.1) is 0 Å². The molecular formula is C15H23NO2. The molecule has 2 unspecified atom stereocenters. The van der Waals surface area contributed by atoms with Crippen molar-refractivity contribution in [2.24, 2.45) is 0 Å². The normalized spacial score (nSPS) is 32.7. The summed E-state index contributed by atoms with van der Waals surface area (Å²) < 4.78 is 0. The zero-order chi connectivity index (χ0) is 13.2. The molecule has 0 saturated heterocycles. The van der Waals surface area contributed by atoms with Crippen LogP contribution in [0.25, 0.3) is 0 Å². The van der Waals surface area contributed by atoms with Crippen LogP contribution in [0.1, 0.15) is 31.2 Å². The number of benzene rings is 1. The standard InChI is InChI=1S/C15H23NO2/c1-16(2)12-14(17)10-6-7-11-15(14,18)13-8-4-3-5-9-13/h3-5,8-9,17-18H,6-7,10-12H2,1-2H3. The lowest BCUT2D eigenvalue weighted by Crippen LogP contribution is -2.58. The first-order valence-corrected chi connectivity index (χ1v) is 6.63. The first-order chi connectivity index (χ1) is 8.48. The van der Waals surface area contributed by atoms with Crippen molar-refractivity contribution in [1.29, 1.82) is 0 Å². The lowest BCUT2D eigenvalue weighted by molar-refractivity contribution is -0.188. The third-order valence-electron chi connectivity index (χ3n) is 3.98. The highest BCUT2D eigenvalue weighted by Crippen LogP contribution is 2.44. The highest BCUT2D eigenvalue weighted by molar-refractivity contribution is 5.27. The number of rotatable bonds is 3. The van der Waals surface area contributed by atoms with Crippen molar-refractivity contribution in [2.45, 2.75) is 36.9 Å². The van der Waals surface area contributed by atoms with Gasteiger partial charge in [0.2, 0.25) is 0 Å². The predicted octanol–water partition coefficient (Wildman–Crippen LogP) is 1.74. The molecule has 0 aromatic heterocycles. The van der Waals surface area contributed by atoms with Crippen LogP contribution in [-0.4, -0.2) is 41.4 Å². The van der Waals surface area contributed by atoms with Gasteiger partial charge in [-0.05, 0) is 32.5 Å². The van der Waals surface area contributed by atoms with Crippen molar-refractivity contribution in [2.75, 3.05) is 20.6 Å². The predicted molar refractivity (Wildman–Crippen MR) is 72.3 cm³/mol. The summed E-state index contributed by atoms with van der Waals surface area (Å²) >= 11 is 0. The summed E-state index contributed by atoms with van der Waals surface area (Å²) in [5, 5.41) is 22.0. The smallest absolute Gasteiger partial charge is 0.119 e. The van der Waals surface area contributed by atoms with E-state index in [4.69, 9.17) is 0 Å². The Morgan fingerprint density at radius 2 is 1.67 bits per heavy atom. The van der Waals surface area contributed by atoms with Crippen molar-refractivity contribution in [3.63, 3.8) is 0 Å². The quantitative estimate of drug-likeness (QED) is 0.857. The van der Waals surface area contributed by atoms with Crippen LogP contribution < -0.4 is 0 Å². The second kappa shape index (κ2) is 5.00. The molecule has 2 N–H and O–H groups in total. The summed E-state index contributed by atoms with van der Waals surface area (Å²) in [7, 11) is 3.86. The molecule has 100 valence electrons. The van der Waals surface area contributed by atoms with Crippen molar-refractivity contribution < 1.29 is 10.2 Å². The summed E-state index contributed by atoms with van der Waals surface area (Å²) in [4.78, 5) is 1.94. The Hall–Kier alpha value is -0.900. The van der Waals surface area contributed by atoms with E-state index in [0.29, 0.717) is 19.4 Å². The summed E-state index contributed by atoms with van der Waals surface area (Å²) in [6.45, 7) is 0.485. The molecule has 0 heterocycles. The molecule has 1 aliphatic rings. The number of hydrogen-bond acceptors (Lipinski definition) is 3. The van der Waals surface area contributed by atoms with E-state index in [1.807, 2.05) is 49.3 Å². The van der Waals surface area contributed by atoms with Crippen LogP contribution in [0.5, 0.6) is 0 Å². The van der Waals surface area contributed by atoms with Crippen LogP contribution in [0, 0.1) is 0 Å². The molecule has 18 heavy (non-hydrogen) atoms.